The Morgan fingerprint density at radius 2 is 1.85 bits per heavy atom. The van der Waals surface area contributed by atoms with Crippen molar-refractivity contribution < 1.29 is 0 Å². The van der Waals surface area contributed by atoms with Gasteiger partial charge >= 0.3 is 0 Å². The fourth-order valence-corrected chi connectivity index (χ4v) is 3.64. The summed E-state index contributed by atoms with van der Waals surface area (Å²) in [6, 6.07) is 7.61. The predicted octanol–water partition coefficient (Wildman–Crippen LogP) is 4.27. The minimum absolute atomic E-state index is 0.249. The Balaban J connectivity index is 1.56. The molecule has 0 spiro atoms. The molecule has 0 aromatic heterocycles. The van der Waals surface area contributed by atoms with Crippen LogP contribution in [0.5, 0.6) is 0 Å². The number of halogens is 2. The third kappa shape index (κ3) is 3.30. The van der Waals surface area contributed by atoms with Gasteiger partial charge in [0.25, 0.3) is 0 Å². The number of benzene rings is 1. The van der Waals surface area contributed by atoms with Gasteiger partial charge in [-0.25, -0.2) is 0 Å². The number of nitrogens with zero attached hydrogens (tertiary/aromatic N) is 1. The van der Waals surface area contributed by atoms with Crippen molar-refractivity contribution >= 4 is 23.2 Å². The van der Waals surface area contributed by atoms with E-state index in [0.717, 1.165) is 11.6 Å². The Bertz CT molecular complexity index is 466. The first-order chi connectivity index (χ1) is 9.65. The van der Waals surface area contributed by atoms with Crippen molar-refractivity contribution in [3.8, 4) is 0 Å². The zero-order chi connectivity index (χ0) is 14.1. The molecule has 1 aromatic carbocycles. The lowest BCUT2D eigenvalue weighted by molar-refractivity contribution is 0.184. The van der Waals surface area contributed by atoms with Crippen molar-refractivity contribution in [1.82, 2.24) is 10.2 Å². The van der Waals surface area contributed by atoms with E-state index in [1.807, 2.05) is 12.1 Å². The Morgan fingerprint density at radius 3 is 2.50 bits per heavy atom. The number of likely N-dealkylation sites (tertiary alicyclic amines) is 1. The number of rotatable bonds is 4. The Morgan fingerprint density at radius 1 is 1.15 bits per heavy atom. The second kappa shape index (κ2) is 6.23. The van der Waals surface area contributed by atoms with Gasteiger partial charge in [0, 0.05) is 18.1 Å². The minimum Gasteiger partial charge on any atom is -0.307 e. The van der Waals surface area contributed by atoms with E-state index in [-0.39, 0.29) is 6.04 Å². The summed E-state index contributed by atoms with van der Waals surface area (Å²) >= 11 is 12.4. The van der Waals surface area contributed by atoms with Crippen LogP contribution in [0, 0.1) is 0 Å². The lowest BCUT2D eigenvalue weighted by Gasteiger charge is -2.34. The predicted molar refractivity (Wildman–Crippen MR) is 85.6 cm³/mol. The Hall–Kier alpha value is -0.280. The summed E-state index contributed by atoms with van der Waals surface area (Å²) in [5, 5.41) is 5.04. The molecule has 0 amide bonds. The molecule has 1 aliphatic carbocycles. The first-order valence-corrected chi connectivity index (χ1v) is 8.34. The maximum absolute atomic E-state index is 6.30. The van der Waals surface area contributed by atoms with Gasteiger partial charge in [0.05, 0.1) is 10.0 Å². The van der Waals surface area contributed by atoms with Crippen LogP contribution in [0.2, 0.25) is 10.0 Å². The molecule has 1 aromatic rings. The molecular weight excluding hydrogens is 291 g/mol. The molecule has 1 atom stereocenters. The fourth-order valence-electron chi connectivity index (χ4n) is 3.17. The molecule has 1 unspecified atom stereocenters. The van der Waals surface area contributed by atoms with Gasteiger partial charge in [-0.15, -0.1) is 0 Å². The van der Waals surface area contributed by atoms with E-state index in [4.69, 9.17) is 23.2 Å². The zero-order valence-corrected chi connectivity index (χ0v) is 13.4. The molecule has 20 heavy (non-hydrogen) atoms. The molecule has 1 N–H and O–H groups in total. The number of nitrogens with one attached hydrogen (secondary N) is 1. The van der Waals surface area contributed by atoms with Crippen molar-refractivity contribution in [3.63, 3.8) is 0 Å². The quantitative estimate of drug-likeness (QED) is 0.893. The third-order valence-electron chi connectivity index (χ3n) is 4.53. The molecule has 110 valence electrons. The van der Waals surface area contributed by atoms with Gasteiger partial charge in [0.2, 0.25) is 0 Å². The fraction of sp³-hybridized carbons (Fsp3) is 0.625. The molecule has 1 saturated heterocycles. The van der Waals surface area contributed by atoms with Crippen LogP contribution in [-0.4, -0.2) is 30.1 Å². The maximum Gasteiger partial charge on any atom is 0.0639 e. The van der Waals surface area contributed by atoms with Gasteiger partial charge in [0.15, 0.2) is 0 Å². The van der Waals surface area contributed by atoms with Gasteiger partial charge in [-0.1, -0.05) is 35.3 Å². The highest BCUT2D eigenvalue weighted by Crippen LogP contribution is 2.32. The highest BCUT2D eigenvalue weighted by atomic mass is 35.5. The van der Waals surface area contributed by atoms with E-state index in [0.29, 0.717) is 16.1 Å². The molecule has 2 aliphatic rings. The van der Waals surface area contributed by atoms with Crippen molar-refractivity contribution in [1.29, 1.82) is 0 Å². The molecule has 0 bridgehead atoms. The maximum atomic E-state index is 6.30. The molecule has 2 nitrogen and oxygen atoms in total. The monoisotopic (exact) mass is 312 g/mol. The summed E-state index contributed by atoms with van der Waals surface area (Å²) in [5.41, 5.74) is 1.10. The van der Waals surface area contributed by atoms with E-state index >= 15 is 0 Å². The van der Waals surface area contributed by atoms with Crippen molar-refractivity contribution in [2.24, 2.45) is 0 Å². The first kappa shape index (κ1) is 14.6. The highest BCUT2D eigenvalue weighted by molar-refractivity contribution is 6.42. The summed E-state index contributed by atoms with van der Waals surface area (Å²) in [6.45, 7) is 4.64. The smallest absolute Gasteiger partial charge is 0.0639 e. The normalized spacial score (nSPS) is 22.9. The molecule has 2 fully saturated rings. The summed E-state index contributed by atoms with van der Waals surface area (Å²) < 4.78 is 0. The highest BCUT2D eigenvalue weighted by Gasteiger charge is 2.32. The molecule has 1 saturated carbocycles. The zero-order valence-electron chi connectivity index (χ0n) is 11.9. The summed E-state index contributed by atoms with van der Waals surface area (Å²) in [7, 11) is 0. The summed E-state index contributed by atoms with van der Waals surface area (Å²) in [5.74, 6) is 0. The molecule has 0 radical (unpaired) electrons. The number of hydrogen-bond acceptors (Lipinski definition) is 2. The van der Waals surface area contributed by atoms with E-state index < -0.39 is 0 Å². The van der Waals surface area contributed by atoms with Gasteiger partial charge in [-0.3, -0.25) is 0 Å². The van der Waals surface area contributed by atoms with Crippen molar-refractivity contribution in [3.05, 3.63) is 33.8 Å². The standard InChI is InChI=1S/C16H22Cl2N2/c1-11(14-3-2-4-15(17)16(14)18)19-12-7-9-20(10-8-12)13-5-6-13/h2-4,11-13,19H,5-10H2,1H3. The van der Waals surface area contributed by atoms with Crippen LogP contribution in [0.15, 0.2) is 18.2 Å². The summed E-state index contributed by atoms with van der Waals surface area (Å²) in [6.07, 6.45) is 5.29. The van der Waals surface area contributed by atoms with Crippen molar-refractivity contribution in [2.45, 2.75) is 50.7 Å². The number of piperidine rings is 1. The largest absolute Gasteiger partial charge is 0.307 e. The molecule has 4 heteroatoms. The van der Waals surface area contributed by atoms with Crippen molar-refractivity contribution in [2.75, 3.05) is 13.1 Å². The van der Waals surface area contributed by atoms with Gasteiger partial charge in [-0.05, 0) is 57.3 Å². The van der Waals surface area contributed by atoms with Gasteiger partial charge in [0.1, 0.15) is 0 Å². The lowest BCUT2D eigenvalue weighted by atomic mass is 10.0. The molecular formula is C16H22Cl2N2. The van der Waals surface area contributed by atoms with Crippen LogP contribution in [0.3, 0.4) is 0 Å². The van der Waals surface area contributed by atoms with Crippen LogP contribution in [0.1, 0.15) is 44.2 Å². The van der Waals surface area contributed by atoms with Crippen LogP contribution in [-0.2, 0) is 0 Å². The van der Waals surface area contributed by atoms with E-state index in [1.54, 1.807) is 0 Å². The SMILES string of the molecule is CC(NC1CCN(C2CC2)CC1)c1cccc(Cl)c1Cl. The third-order valence-corrected chi connectivity index (χ3v) is 5.36. The lowest BCUT2D eigenvalue weighted by Crippen LogP contribution is -2.44. The molecule has 1 aliphatic heterocycles. The van der Waals surface area contributed by atoms with Crippen LogP contribution < -0.4 is 5.32 Å². The van der Waals surface area contributed by atoms with E-state index in [2.05, 4.69) is 23.2 Å². The molecule has 1 heterocycles. The van der Waals surface area contributed by atoms with Gasteiger partial charge < -0.3 is 10.2 Å². The second-order valence-corrected chi connectivity index (χ2v) is 6.86. The van der Waals surface area contributed by atoms with Crippen LogP contribution in [0.25, 0.3) is 0 Å². The topological polar surface area (TPSA) is 15.3 Å². The average Bonchev–Trinajstić information content (AvgIpc) is 3.27. The second-order valence-electron chi connectivity index (χ2n) is 6.07. The molecule has 3 rings (SSSR count). The van der Waals surface area contributed by atoms with Gasteiger partial charge in [-0.2, -0.15) is 0 Å². The first-order valence-electron chi connectivity index (χ1n) is 7.59. The average molecular weight is 313 g/mol. The van der Waals surface area contributed by atoms with E-state index in [9.17, 15) is 0 Å². The minimum atomic E-state index is 0.249. The van der Waals surface area contributed by atoms with E-state index in [1.165, 1.54) is 38.8 Å². The van der Waals surface area contributed by atoms with Crippen LogP contribution in [0.4, 0.5) is 0 Å². The number of hydrogen-bond donors (Lipinski definition) is 1. The Kier molecular flexibility index (Phi) is 4.56. The summed E-state index contributed by atoms with van der Waals surface area (Å²) in [4.78, 5) is 2.65. The Labute approximate surface area is 131 Å². The van der Waals surface area contributed by atoms with Crippen LogP contribution >= 0.6 is 23.2 Å².